The van der Waals surface area contributed by atoms with Gasteiger partial charge in [-0.05, 0) is 25.8 Å². The molecule has 0 aromatic carbocycles. The fraction of sp³-hybridized carbons (Fsp3) is 0.615. The zero-order valence-electron chi connectivity index (χ0n) is 11.5. The summed E-state index contributed by atoms with van der Waals surface area (Å²) in [5, 5.41) is 8.87. The molecule has 0 spiro atoms. The van der Waals surface area contributed by atoms with Crippen molar-refractivity contribution in [2.24, 2.45) is 0 Å². The molecular weight excluding hydrogens is 287 g/mol. The van der Waals surface area contributed by atoms with Crippen LogP contribution >= 0.6 is 0 Å². The fourth-order valence-corrected chi connectivity index (χ4v) is 2.43. The number of carbonyl (C=O) groups is 1. The lowest BCUT2D eigenvalue weighted by Crippen LogP contribution is -2.41. The molecule has 0 saturated carbocycles. The Bertz CT molecular complexity index is 534. The van der Waals surface area contributed by atoms with Crippen molar-refractivity contribution in [3.8, 4) is 0 Å². The van der Waals surface area contributed by atoms with Crippen LogP contribution in [-0.4, -0.2) is 45.6 Å². The Hall–Kier alpha value is -1.70. The Balaban J connectivity index is 2.25. The van der Waals surface area contributed by atoms with E-state index in [0.29, 0.717) is 19.4 Å². The summed E-state index contributed by atoms with van der Waals surface area (Å²) in [5.74, 6) is -0.656. The van der Waals surface area contributed by atoms with Crippen molar-refractivity contribution in [3.05, 3.63) is 23.3 Å². The first-order valence-corrected chi connectivity index (χ1v) is 6.62. The molecule has 1 N–H and O–H groups in total. The van der Waals surface area contributed by atoms with Crippen molar-refractivity contribution in [2.75, 3.05) is 19.7 Å². The summed E-state index contributed by atoms with van der Waals surface area (Å²) >= 11 is 0. The average molecular weight is 303 g/mol. The van der Waals surface area contributed by atoms with E-state index < -0.39 is 24.4 Å². The lowest BCUT2D eigenvalue weighted by molar-refractivity contribution is -0.141. The third-order valence-corrected chi connectivity index (χ3v) is 3.44. The molecule has 0 aliphatic carbocycles. The summed E-state index contributed by atoms with van der Waals surface area (Å²) < 4.78 is 38.4. The summed E-state index contributed by atoms with van der Waals surface area (Å²) in [5.41, 5.74) is -0.714. The maximum absolute atomic E-state index is 12.8. The maximum atomic E-state index is 12.8. The van der Waals surface area contributed by atoms with Gasteiger partial charge >= 0.3 is 6.18 Å². The van der Waals surface area contributed by atoms with Crippen LogP contribution in [-0.2, 0) is 11.0 Å². The summed E-state index contributed by atoms with van der Waals surface area (Å²) in [6, 6.07) is 0.906. The molecule has 8 heteroatoms. The Morgan fingerprint density at radius 1 is 1.48 bits per heavy atom. The minimum Gasteiger partial charge on any atom is -0.387 e. The molecule has 1 aliphatic rings. The largest absolute Gasteiger partial charge is 0.433 e. The summed E-state index contributed by atoms with van der Waals surface area (Å²) in [4.78, 5) is 20.6. The van der Waals surface area contributed by atoms with Gasteiger partial charge in [0.1, 0.15) is 18.1 Å². The molecule has 1 amide bonds. The molecule has 1 atom stereocenters. The molecule has 1 aromatic rings. The SMILES string of the molecule is Cc1cc(C(F)(F)F)nc([C@H]2CCCN(C(=O)CO)C2)n1. The molecule has 2 heterocycles. The van der Waals surface area contributed by atoms with Crippen LogP contribution in [0.25, 0.3) is 0 Å². The van der Waals surface area contributed by atoms with Crippen LogP contribution in [0, 0.1) is 6.92 Å². The zero-order chi connectivity index (χ0) is 15.6. The third kappa shape index (κ3) is 3.69. The van der Waals surface area contributed by atoms with E-state index in [4.69, 9.17) is 5.11 Å². The van der Waals surface area contributed by atoms with Gasteiger partial charge in [0.15, 0.2) is 0 Å². The second-order valence-electron chi connectivity index (χ2n) is 5.09. The first kappa shape index (κ1) is 15.7. The Morgan fingerprint density at radius 2 is 2.19 bits per heavy atom. The quantitative estimate of drug-likeness (QED) is 0.899. The standard InChI is InChI=1S/C13H16F3N3O2/c1-8-5-10(13(14,15)16)18-12(17-8)9-3-2-4-19(6-9)11(21)7-20/h5,9,20H,2-4,6-7H2,1H3/t9-/m0/s1. The van der Waals surface area contributed by atoms with Crippen LogP contribution in [0.2, 0.25) is 0 Å². The van der Waals surface area contributed by atoms with Crippen molar-refractivity contribution in [1.29, 1.82) is 0 Å². The fourth-order valence-electron chi connectivity index (χ4n) is 2.43. The second-order valence-corrected chi connectivity index (χ2v) is 5.09. The van der Waals surface area contributed by atoms with Crippen LogP contribution in [0.15, 0.2) is 6.07 Å². The van der Waals surface area contributed by atoms with Crippen molar-refractivity contribution < 1.29 is 23.1 Å². The van der Waals surface area contributed by atoms with E-state index in [9.17, 15) is 18.0 Å². The molecule has 0 unspecified atom stereocenters. The molecule has 2 rings (SSSR count). The van der Waals surface area contributed by atoms with Crippen molar-refractivity contribution >= 4 is 5.91 Å². The molecule has 0 radical (unpaired) electrons. The number of amides is 1. The van der Waals surface area contributed by atoms with Crippen LogP contribution < -0.4 is 0 Å². The number of alkyl halides is 3. The summed E-state index contributed by atoms with van der Waals surface area (Å²) in [7, 11) is 0. The molecule has 1 saturated heterocycles. The predicted octanol–water partition coefficient (Wildman–Crippen LogP) is 1.50. The Morgan fingerprint density at radius 3 is 2.81 bits per heavy atom. The Kier molecular flexibility index (Phi) is 4.46. The molecule has 1 aliphatic heterocycles. The van der Waals surface area contributed by atoms with E-state index >= 15 is 0 Å². The average Bonchev–Trinajstić information content (AvgIpc) is 2.45. The number of rotatable bonds is 2. The van der Waals surface area contributed by atoms with E-state index in [1.54, 1.807) is 0 Å². The molecule has 21 heavy (non-hydrogen) atoms. The highest BCUT2D eigenvalue weighted by molar-refractivity contribution is 5.77. The normalized spacial score (nSPS) is 19.7. The minimum atomic E-state index is -4.52. The van der Waals surface area contributed by atoms with Crippen LogP contribution in [0.5, 0.6) is 0 Å². The molecule has 0 bridgehead atoms. The topological polar surface area (TPSA) is 66.3 Å². The number of aliphatic hydroxyl groups excluding tert-OH is 1. The van der Waals surface area contributed by atoms with Gasteiger partial charge in [-0.25, -0.2) is 9.97 Å². The smallest absolute Gasteiger partial charge is 0.387 e. The van der Waals surface area contributed by atoms with Gasteiger partial charge in [-0.2, -0.15) is 13.2 Å². The van der Waals surface area contributed by atoms with Crippen LogP contribution in [0.4, 0.5) is 13.2 Å². The maximum Gasteiger partial charge on any atom is 0.433 e. The third-order valence-electron chi connectivity index (χ3n) is 3.44. The number of halogens is 3. The number of aliphatic hydroxyl groups is 1. The highest BCUT2D eigenvalue weighted by Crippen LogP contribution is 2.30. The van der Waals surface area contributed by atoms with Crippen LogP contribution in [0.3, 0.4) is 0 Å². The molecule has 1 aromatic heterocycles. The van der Waals surface area contributed by atoms with Crippen molar-refractivity contribution in [1.82, 2.24) is 14.9 Å². The first-order valence-electron chi connectivity index (χ1n) is 6.62. The van der Waals surface area contributed by atoms with Gasteiger partial charge in [0.2, 0.25) is 5.91 Å². The molecule has 1 fully saturated rings. The number of nitrogens with zero attached hydrogens (tertiary/aromatic N) is 3. The van der Waals surface area contributed by atoms with Gasteiger partial charge in [-0.1, -0.05) is 0 Å². The first-order chi connectivity index (χ1) is 9.81. The highest BCUT2D eigenvalue weighted by Gasteiger charge is 2.35. The lowest BCUT2D eigenvalue weighted by Gasteiger charge is -2.31. The van der Waals surface area contributed by atoms with E-state index in [2.05, 4.69) is 9.97 Å². The summed E-state index contributed by atoms with van der Waals surface area (Å²) in [6.07, 6.45) is -3.25. The number of piperidine rings is 1. The predicted molar refractivity (Wildman–Crippen MR) is 67.4 cm³/mol. The van der Waals surface area contributed by atoms with Gasteiger partial charge in [0, 0.05) is 24.7 Å². The molecule has 116 valence electrons. The van der Waals surface area contributed by atoms with Gasteiger partial charge in [-0.15, -0.1) is 0 Å². The second kappa shape index (κ2) is 5.97. The van der Waals surface area contributed by atoms with Crippen molar-refractivity contribution in [3.63, 3.8) is 0 Å². The minimum absolute atomic E-state index is 0.109. The van der Waals surface area contributed by atoms with Crippen molar-refractivity contribution in [2.45, 2.75) is 31.9 Å². The number of hydrogen-bond acceptors (Lipinski definition) is 4. The van der Waals surface area contributed by atoms with E-state index in [-0.39, 0.29) is 24.0 Å². The number of likely N-dealkylation sites (tertiary alicyclic amines) is 1. The van der Waals surface area contributed by atoms with Gasteiger partial charge < -0.3 is 10.0 Å². The van der Waals surface area contributed by atoms with Gasteiger partial charge in [0.25, 0.3) is 0 Å². The van der Waals surface area contributed by atoms with E-state index in [1.165, 1.54) is 11.8 Å². The summed E-state index contributed by atoms with van der Waals surface area (Å²) in [6.45, 7) is 1.61. The van der Waals surface area contributed by atoms with E-state index in [0.717, 1.165) is 6.07 Å². The number of aryl methyl sites for hydroxylation is 1. The zero-order valence-corrected chi connectivity index (χ0v) is 11.5. The highest BCUT2D eigenvalue weighted by atomic mass is 19.4. The molecule has 5 nitrogen and oxygen atoms in total. The Labute approximate surface area is 119 Å². The lowest BCUT2D eigenvalue weighted by atomic mass is 9.97. The number of carbonyl (C=O) groups excluding carboxylic acids is 1. The van der Waals surface area contributed by atoms with E-state index in [1.807, 2.05) is 0 Å². The monoisotopic (exact) mass is 303 g/mol. The molecular formula is C13H16F3N3O2. The van der Waals surface area contributed by atoms with Gasteiger partial charge in [0.05, 0.1) is 0 Å². The van der Waals surface area contributed by atoms with Crippen LogP contribution in [0.1, 0.15) is 36.0 Å². The van der Waals surface area contributed by atoms with Gasteiger partial charge in [-0.3, -0.25) is 4.79 Å². The number of hydrogen-bond donors (Lipinski definition) is 1. The number of aromatic nitrogens is 2.